The number of pyridine rings is 1. The van der Waals surface area contributed by atoms with Gasteiger partial charge in [0, 0.05) is 17.7 Å². The molecule has 5 nitrogen and oxygen atoms in total. The molecule has 112 valence electrons. The molecule has 1 aliphatic rings. The Morgan fingerprint density at radius 2 is 2.05 bits per heavy atom. The van der Waals surface area contributed by atoms with Gasteiger partial charge in [0.2, 0.25) is 6.79 Å². The van der Waals surface area contributed by atoms with Crippen LogP contribution in [0, 0.1) is 6.92 Å². The number of hydrogen-bond acceptors (Lipinski definition) is 4. The van der Waals surface area contributed by atoms with Crippen molar-refractivity contribution in [3.8, 4) is 22.8 Å². The van der Waals surface area contributed by atoms with Crippen LogP contribution >= 0.6 is 0 Å². The first-order valence-electron chi connectivity index (χ1n) is 7.35. The second-order valence-corrected chi connectivity index (χ2v) is 5.37. The molecule has 3 heterocycles. The van der Waals surface area contributed by atoms with Crippen molar-refractivity contribution in [3.05, 3.63) is 47.8 Å². The fraction of sp³-hybridized carbons (Fsp3) is 0.235. The molecule has 1 aliphatic heterocycles. The van der Waals surface area contributed by atoms with E-state index in [1.807, 2.05) is 30.3 Å². The molecule has 2 N–H and O–H groups in total. The highest BCUT2D eigenvalue weighted by Gasteiger charge is 2.18. The van der Waals surface area contributed by atoms with Crippen LogP contribution < -0.4 is 15.2 Å². The normalized spacial score (nSPS) is 13.0. The first-order chi connectivity index (χ1) is 10.8. The number of nitrogens with zero attached hydrogens (tertiary/aromatic N) is 2. The van der Waals surface area contributed by atoms with Crippen LogP contribution in [0.15, 0.2) is 36.4 Å². The standard InChI is InChI=1S/C17H17N3O2/c1-11-3-2-4-16-19-17(13(7-8-18)20(11)16)12-5-6-14-15(9-12)22-10-21-14/h2-6,9H,7-8,10,18H2,1H3. The van der Waals surface area contributed by atoms with Crippen LogP contribution in [0.5, 0.6) is 11.5 Å². The van der Waals surface area contributed by atoms with Gasteiger partial charge in [-0.15, -0.1) is 0 Å². The Hall–Kier alpha value is -2.53. The Labute approximate surface area is 128 Å². The highest BCUT2D eigenvalue weighted by molar-refractivity contribution is 5.70. The van der Waals surface area contributed by atoms with Gasteiger partial charge in [-0.1, -0.05) is 6.07 Å². The van der Waals surface area contributed by atoms with Crippen LogP contribution in [0.3, 0.4) is 0 Å². The zero-order valence-corrected chi connectivity index (χ0v) is 12.4. The van der Waals surface area contributed by atoms with E-state index in [1.54, 1.807) is 0 Å². The minimum Gasteiger partial charge on any atom is -0.454 e. The monoisotopic (exact) mass is 295 g/mol. The van der Waals surface area contributed by atoms with E-state index in [-0.39, 0.29) is 6.79 Å². The van der Waals surface area contributed by atoms with Crippen LogP contribution in [-0.2, 0) is 6.42 Å². The topological polar surface area (TPSA) is 61.8 Å². The lowest BCUT2D eigenvalue weighted by Gasteiger charge is -2.07. The largest absolute Gasteiger partial charge is 0.454 e. The summed E-state index contributed by atoms with van der Waals surface area (Å²) < 4.78 is 13.0. The number of fused-ring (bicyclic) bond motifs is 2. The van der Waals surface area contributed by atoms with E-state index in [4.69, 9.17) is 20.2 Å². The van der Waals surface area contributed by atoms with Crippen LogP contribution in [-0.4, -0.2) is 22.7 Å². The molecule has 0 aliphatic carbocycles. The van der Waals surface area contributed by atoms with Gasteiger partial charge in [-0.05, 0) is 43.8 Å². The second kappa shape index (κ2) is 5.03. The molecule has 3 aromatic rings. The number of ether oxygens (including phenoxy) is 2. The second-order valence-electron chi connectivity index (χ2n) is 5.37. The van der Waals surface area contributed by atoms with Crippen LogP contribution in [0.2, 0.25) is 0 Å². The van der Waals surface area contributed by atoms with E-state index < -0.39 is 0 Å². The first kappa shape index (κ1) is 13.2. The van der Waals surface area contributed by atoms with Crippen molar-refractivity contribution in [3.63, 3.8) is 0 Å². The predicted octanol–water partition coefficient (Wildman–Crippen LogP) is 2.54. The molecule has 1 aromatic carbocycles. The van der Waals surface area contributed by atoms with Crippen LogP contribution in [0.1, 0.15) is 11.4 Å². The maximum atomic E-state index is 5.81. The van der Waals surface area contributed by atoms with E-state index in [0.717, 1.165) is 46.2 Å². The summed E-state index contributed by atoms with van der Waals surface area (Å²) in [6, 6.07) is 12.1. The number of benzene rings is 1. The molecular formula is C17H17N3O2. The van der Waals surface area contributed by atoms with Crippen molar-refractivity contribution in [2.24, 2.45) is 5.73 Å². The molecule has 0 radical (unpaired) electrons. The molecule has 0 saturated heterocycles. The lowest BCUT2D eigenvalue weighted by molar-refractivity contribution is 0.174. The highest BCUT2D eigenvalue weighted by atomic mass is 16.7. The van der Waals surface area contributed by atoms with Crippen molar-refractivity contribution in [2.45, 2.75) is 13.3 Å². The highest BCUT2D eigenvalue weighted by Crippen LogP contribution is 2.37. The zero-order chi connectivity index (χ0) is 15.1. The number of imidazole rings is 1. The van der Waals surface area contributed by atoms with Crippen LogP contribution in [0.4, 0.5) is 0 Å². The summed E-state index contributed by atoms with van der Waals surface area (Å²) in [6.07, 6.45) is 0.774. The van der Waals surface area contributed by atoms with Gasteiger partial charge in [0.05, 0.1) is 11.4 Å². The molecule has 5 heteroatoms. The quantitative estimate of drug-likeness (QED) is 0.806. The fourth-order valence-corrected chi connectivity index (χ4v) is 2.97. The molecule has 2 aromatic heterocycles. The fourth-order valence-electron chi connectivity index (χ4n) is 2.97. The maximum Gasteiger partial charge on any atom is 0.231 e. The molecule has 0 atom stereocenters. The van der Waals surface area contributed by atoms with Crippen molar-refractivity contribution in [1.29, 1.82) is 0 Å². The molecule has 0 bridgehead atoms. The molecule has 0 spiro atoms. The summed E-state index contributed by atoms with van der Waals surface area (Å²) in [5, 5.41) is 0. The number of rotatable bonds is 3. The van der Waals surface area contributed by atoms with Crippen molar-refractivity contribution < 1.29 is 9.47 Å². The van der Waals surface area contributed by atoms with E-state index in [0.29, 0.717) is 6.54 Å². The van der Waals surface area contributed by atoms with Crippen molar-refractivity contribution >= 4 is 5.65 Å². The smallest absolute Gasteiger partial charge is 0.231 e. The lowest BCUT2D eigenvalue weighted by Crippen LogP contribution is -2.07. The van der Waals surface area contributed by atoms with Gasteiger partial charge < -0.3 is 19.6 Å². The third-order valence-corrected chi connectivity index (χ3v) is 3.96. The Morgan fingerprint density at radius 3 is 2.91 bits per heavy atom. The summed E-state index contributed by atoms with van der Waals surface area (Å²) in [5.74, 6) is 1.55. The van der Waals surface area contributed by atoms with Gasteiger partial charge >= 0.3 is 0 Å². The predicted molar refractivity (Wildman–Crippen MR) is 84.2 cm³/mol. The van der Waals surface area contributed by atoms with E-state index in [9.17, 15) is 0 Å². The van der Waals surface area contributed by atoms with E-state index in [2.05, 4.69) is 17.4 Å². The number of hydrogen-bond donors (Lipinski definition) is 1. The average Bonchev–Trinajstić information content (AvgIpc) is 3.12. The zero-order valence-electron chi connectivity index (χ0n) is 12.4. The summed E-state index contributed by atoms with van der Waals surface area (Å²) in [5.41, 5.74) is 11.0. The Morgan fingerprint density at radius 1 is 1.18 bits per heavy atom. The van der Waals surface area contributed by atoms with Gasteiger partial charge in [-0.25, -0.2) is 4.98 Å². The maximum absolute atomic E-state index is 5.81. The number of nitrogens with two attached hydrogens (primary N) is 1. The van der Waals surface area contributed by atoms with Crippen LogP contribution in [0.25, 0.3) is 16.9 Å². The Bertz CT molecular complexity index is 854. The molecule has 4 rings (SSSR count). The van der Waals surface area contributed by atoms with Crippen molar-refractivity contribution in [2.75, 3.05) is 13.3 Å². The molecule has 0 saturated carbocycles. The minimum absolute atomic E-state index is 0.277. The molecule has 0 unspecified atom stereocenters. The van der Waals surface area contributed by atoms with E-state index >= 15 is 0 Å². The third kappa shape index (κ3) is 1.94. The lowest BCUT2D eigenvalue weighted by atomic mass is 10.1. The van der Waals surface area contributed by atoms with Gasteiger partial charge in [0.15, 0.2) is 11.5 Å². The van der Waals surface area contributed by atoms with Crippen molar-refractivity contribution in [1.82, 2.24) is 9.38 Å². The molecule has 0 fully saturated rings. The SMILES string of the molecule is Cc1cccc2nc(-c3ccc4c(c3)OCO4)c(CCN)n12. The molecule has 22 heavy (non-hydrogen) atoms. The van der Waals surface area contributed by atoms with Gasteiger partial charge in [-0.3, -0.25) is 0 Å². The average molecular weight is 295 g/mol. The van der Waals surface area contributed by atoms with Gasteiger partial charge in [-0.2, -0.15) is 0 Å². The summed E-state index contributed by atoms with van der Waals surface area (Å²) >= 11 is 0. The molecular weight excluding hydrogens is 278 g/mol. The molecule has 0 amide bonds. The first-order valence-corrected chi connectivity index (χ1v) is 7.35. The summed E-state index contributed by atoms with van der Waals surface area (Å²) in [7, 11) is 0. The van der Waals surface area contributed by atoms with E-state index in [1.165, 1.54) is 0 Å². The summed E-state index contributed by atoms with van der Waals surface area (Å²) in [4.78, 5) is 4.80. The van der Waals surface area contributed by atoms with Gasteiger partial charge in [0.1, 0.15) is 5.65 Å². The van der Waals surface area contributed by atoms with Gasteiger partial charge in [0.25, 0.3) is 0 Å². The summed E-state index contributed by atoms with van der Waals surface area (Å²) in [6.45, 7) is 2.94. The third-order valence-electron chi connectivity index (χ3n) is 3.96. The minimum atomic E-state index is 0.277. The Kier molecular flexibility index (Phi) is 3.01. The number of aromatic nitrogens is 2. The Balaban J connectivity index is 1.94. The number of aryl methyl sites for hydroxylation is 1.